The molecule has 0 aromatic carbocycles. The maximum Gasteiger partial charge on any atom is 0.0508 e. The van der Waals surface area contributed by atoms with Crippen LogP contribution >= 0.6 is 0 Å². The van der Waals surface area contributed by atoms with E-state index in [1.54, 1.807) is 20.8 Å². The lowest BCUT2D eigenvalue weighted by molar-refractivity contribution is -0.0287. The third kappa shape index (κ3) is 3.92. The van der Waals surface area contributed by atoms with E-state index in [1.807, 2.05) is 4.90 Å². The first-order chi connectivity index (χ1) is 13.7. The predicted molar refractivity (Wildman–Crippen MR) is 97.7 cm³/mol. The van der Waals surface area contributed by atoms with Crippen LogP contribution in [-0.4, -0.2) is 88.5 Å². The first-order valence-corrected chi connectivity index (χ1v) is 8.76. The van der Waals surface area contributed by atoms with E-state index >= 15 is 0 Å². The molecule has 23 heavy (non-hydrogen) atoms. The highest BCUT2D eigenvalue weighted by atomic mass is 15.4. The second-order valence-corrected chi connectivity index (χ2v) is 9.02. The number of likely N-dealkylation sites (tertiary alicyclic amines) is 1. The van der Waals surface area contributed by atoms with Crippen LogP contribution in [0.4, 0.5) is 0 Å². The van der Waals surface area contributed by atoms with Crippen LogP contribution in [0.5, 0.6) is 0 Å². The van der Waals surface area contributed by atoms with Crippen LogP contribution in [-0.2, 0) is 0 Å². The molecule has 4 heteroatoms. The van der Waals surface area contributed by atoms with Crippen LogP contribution < -0.4 is 0 Å². The van der Waals surface area contributed by atoms with Crippen molar-refractivity contribution in [2.24, 2.45) is 0 Å². The topological polar surface area (TPSA) is 13.0 Å². The molecule has 0 aliphatic carbocycles. The highest BCUT2D eigenvalue weighted by Gasteiger charge is 2.44. The van der Waals surface area contributed by atoms with Crippen molar-refractivity contribution in [3.05, 3.63) is 0 Å². The lowest BCUT2D eigenvalue weighted by atomic mass is 10.0. The summed E-state index contributed by atoms with van der Waals surface area (Å²) in [6.45, 7) is 1.40. The molecule has 3 saturated heterocycles. The van der Waals surface area contributed by atoms with Crippen LogP contribution in [0.3, 0.4) is 0 Å². The van der Waals surface area contributed by atoms with Crippen LogP contribution in [0.2, 0.25) is 0 Å². The van der Waals surface area contributed by atoms with Crippen molar-refractivity contribution in [1.29, 1.82) is 0 Å². The largest absolute Gasteiger partial charge is 0.296 e. The van der Waals surface area contributed by atoms with Gasteiger partial charge in [-0.3, -0.25) is 19.6 Å². The molecular weight excluding hydrogens is 284 g/mol. The predicted octanol–water partition coefficient (Wildman–Crippen LogP) is 2.31. The summed E-state index contributed by atoms with van der Waals surface area (Å²) in [5.74, 6) is 0. The van der Waals surface area contributed by atoms with Gasteiger partial charge in [0.15, 0.2) is 0 Å². The van der Waals surface area contributed by atoms with Crippen LogP contribution in [0.25, 0.3) is 0 Å². The molecule has 3 rings (SSSR count). The SMILES string of the molecule is [2H]C1([2H])N(CN2CC3CCC(C2)N3C(C)(C)C)C([2H])([2H])C([2H])([2H])N(C(C)(C)C)C1([2H])[2H]. The minimum Gasteiger partial charge on any atom is -0.296 e. The number of fused-ring (bicyclic) bond motifs is 2. The summed E-state index contributed by atoms with van der Waals surface area (Å²) in [5, 5.41) is 0. The molecule has 0 amide bonds. The molecule has 0 saturated carbocycles. The van der Waals surface area contributed by atoms with Crippen LogP contribution in [0.1, 0.15) is 65.4 Å². The van der Waals surface area contributed by atoms with Gasteiger partial charge in [-0.15, -0.1) is 0 Å². The Morgan fingerprint density at radius 1 is 0.783 bits per heavy atom. The third-order valence-electron chi connectivity index (χ3n) is 4.94. The summed E-state index contributed by atoms with van der Waals surface area (Å²) >= 11 is 0. The van der Waals surface area contributed by atoms with E-state index in [4.69, 9.17) is 11.0 Å². The average Bonchev–Trinajstić information content (AvgIpc) is 2.81. The quantitative estimate of drug-likeness (QED) is 0.770. The Kier molecular flexibility index (Phi) is 2.76. The Balaban J connectivity index is 1.94. The Morgan fingerprint density at radius 3 is 1.74 bits per heavy atom. The van der Waals surface area contributed by atoms with Gasteiger partial charge >= 0.3 is 0 Å². The molecule has 2 bridgehead atoms. The minimum absolute atomic E-state index is 0.00842. The summed E-state index contributed by atoms with van der Waals surface area (Å²) in [6.07, 6.45) is 2.05. The zero-order chi connectivity index (χ0) is 24.0. The molecule has 0 aromatic rings. The summed E-state index contributed by atoms with van der Waals surface area (Å²) in [4.78, 5) is 5.96. The lowest BCUT2D eigenvalue weighted by Gasteiger charge is -2.49. The van der Waals surface area contributed by atoms with Gasteiger partial charge in [-0.1, -0.05) is 0 Å². The van der Waals surface area contributed by atoms with E-state index in [9.17, 15) is 0 Å². The van der Waals surface area contributed by atoms with E-state index < -0.39 is 31.5 Å². The molecule has 3 fully saturated rings. The monoisotopic (exact) mass is 330 g/mol. The fraction of sp³-hybridized carbons (Fsp3) is 1.00. The smallest absolute Gasteiger partial charge is 0.0508 e. The maximum atomic E-state index is 8.63. The lowest BCUT2D eigenvalue weighted by Crippen LogP contribution is -2.62. The van der Waals surface area contributed by atoms with Crippen molar-refractivity contribution in [3.63, 3.8) is 0 Å². The molecule has 3 heterocycles. The van der Waals surface area contributed by atoms with Crippen LogP contribution in [0.15, 0.2) is 0 Å². The van der Waals surface area contributed by atoms with Crippen molar-refractivity contribution in [2.45, 2.75) is 77.5 Å². The van der Waals surface area contributed by atoms with E-state index in [0.29, 0.717) is 13.1 Å². The van der Waals surface area contributed by atoms with Gasteiger partial charge in [0.1, 0.15) is 0 Å². The number of rotatable bonds is 2. The van der Waals surface area contributed by atoms with Gasteiger partial charge in [0, 0.05) is 73.2 Å². The van der Waals surface area contributed by atoms with E-state index in [2.05, 4.69) is 25.7 Å². The van der Waals surface area contributed by atoms with Gasteiger partial charge in [-0.05, 0) is 54.4 Å². The Hall–Kier alpha value is -0.160. The summed E-state index contributed by atoms with van der Waals surface area (Å²) in [7, 11) is 0. The Morgan fingerprint density at radius 2 is 1.30 bits per heavy atom. The zero-order valence-electron chi connectivity index (χ0n) is 23.5. The standard InChI is InChI=1S/C19H38N4/c1-18(2,3)22-11-9-20(10-12-22)15-21-13-16-7-8-17(14-21)23(16)19(4,5)6/h16-17H,7-15H2,1-6H3/i9D2,10D2,11D2,12D2. The number of piperazine rings is 2. The van der Waals surface area contributed by atoms with Gasteiger partial charge in [0.25, 0.3) is 0 Å². The summed E-state index contributed by atoms with van der Waals surface area (Å²) in [5.41, 5.74) is -1.12. The normalized spacial score (nSPS) is 46.5. The first kappa shape index (κ1) is 10.1. The van der Waals surface area contributed by atoms with Crippen molar-refractivity contribution >= 4 is 0 Å². The fourth-order valence-corrected chi connectivity index (χ4v) is 4.08. The van der Waals surface area contributed by atoms with E-state index in [1.165, 1.54) is 0 Å². The maximum absolute atomic E-state index is 8.63. The molecule has 0 radical (unpaired) electrons. The second kappa shape index (κ2) is 6.29. The minimum atomic E-state index is -2.74. The highest BCUT2D eigenvalue weighted by molar-refractivity contribution is 5.00. The first-order valence-electron chi connectivity index (χ1n) is 12.8. The fourth-order valence-electron chi connectivity index (χ4n) is 4.08. The highest BCUT2D eigenvalue weighted by Crippen LogP contribution is 2.36. The van der Waals surface area contributed by atoms with E-state index in [0.717, 1.165) is 22.6 Å². The van der Waals surface area contributed by atoms with Gasteiger partial charge in [-0.2, -0.15) is 0 Å². The molecular formula is C19H38N4. The summed E-state index contributed by atoms with van der Waals surface area (Å²) in [6, 6.07) is 0.555. The zero-order valence-corrected chi connectivity index (χ0v) is 15.5. The third-order valence-corrected chi connectivity index (χ3v) is 4.94. The van der Waals surface area contributed by atoms with Crippen molar-refractivity contribution in [1.82, 2.24) is 19.6 Å². The van der Waals surface area contributed by atoms with Crippen molar-refractivity contribution < 1.29 is 11.0 Å². The number of hydrogen-bond acceptors (Lipinski definition) is 4. The number of hydrogen-bond donors (Lipinski definition) is 0. The molecule has 0 N–H and O–H groups in total. The van der Waals surface area contributed by atoms with Crippen molar-refractivity contribution in [2.75, 3.05) is 45.7 Å². The van der Waals surface area contributed by atoms with Crippen LogP contribution in [0, 0.1) is 0 Å². The van der Waals surface area contributed by atoms with Gasteiger partial charge in [0.05, 0.1) is 6.67 Å². The second-order valence-electron chi connectivity index (χ2n) is 9.02. The molecule has 3 aliphatic heterocycles. The molecule has 3 aliphatic rings. The molecule has 4 nitrogen and oxygen atoms in total. The van der Waals surface area contributed by atoms with Gasteiger partial charge < -0.3 is 0 Å². The molecule has 134 valence electrons. The number of nitrogens with zero attached hydrogens (tertiary/aromatic N) is 4. The Bertz CT molecular complexity index is 658. The Labute approximate surface area is 155 Å². The molecule has 2 atom stereocenters. The molecule has 0 spiro atoms. The molecule has 2 unspecified atom stereocenters. The van der Waals surface area contributed by atoms with Crippen molar-refractivity contribution in [3.8, 4) is 0 Å². The summed E-state index contributed by atoms with van der Waals surface area (Å²) < 4.78 is 68.8. The van der Waals surface area contributed by atoms with Gasteiger partial charge in [-0.25, -0.2) is 0 Å². The van der Waals surface area contributed by atoms with Gasteiger partial charge in [0.2, 0.25) is 0 Å². The van der Waals surface area contributed by atoms with E-state index in [-0.39, 0.29) is 24.3 Å². The molecule has 0 aromatic heterocycles. The average molecular weight is 331 g/mol.